The average molecular weight is 381 g/mol. The molecule has 6 nitrogen and oxygen atoms in total. The Morgan fingerprint density at radius 2 is 2.04 bits per heavy atom. The molecule has 0 bridgehead atoms. The van der Waals surface area contributed by atoms with Gasteiger partial charge in [0.1, 0.15) is 0 Å². The lowest BCUT2D eigenvalue weighted by molar-refractivity contribution is -0.113. The number of nitrogens with one attached hydrogen (secondary N) is 1. The fraction of sp³-hybridized carbons (Fsp3) is 0.200. The quantitative estimate of drug-likeness (QED) is 0.678. The molecule has 2 heterocycles. The molecular formula is C20H19N3O3S. The van der Waals surface area contributed by atoms with Crippen molar-refractivity contribution in [3.8, 4) is 17.2 Å². The van der Waals surface area contributed by atoms with Gasteiger partial charge in [0, 0.05) is 24.1 Å². The van der Waals surface area contributed by atoms with Crippen molar-refractivity contribution in [1.29, 1.82) is 0 Å². The number of ether oxygens (including phenoxy) is 2. The number of amides is 1. The first kappa shape index (κ1) is 17.5. The van der Waals surface area contributed by atoms with Crippen LogP contribution < -0.4 is 14.8 Å². The van der Waals surface area contributed by atoms with Crippen molar-refractivity contribution >= 4 is 23.4 Å². The van der Waals surface area contributed by atoms with Crippen LogP contribution in [-0.4, -0.2) is 28.0 Å². The number of hydrogen-bond donors (Lipinski definition) is 1. The number of carbonyl (C=O) groups is 1. The number of nitrogens with zero attached hydrogens (tertiary/aromatic N) is 2. The normalized spacial score (nSPS) is 12.2. The second-order valence-corrected chi connectivity index (χ2v) is 7.22. The molecule has 27 heavy (non-hydrogen) atoms. The summed E-state index contributed by atoms with van der Waals surface area (Å²) in [7, 11) is 0. The first-order chi connectivity index (χ1) is 13.1. The molecule has 7 heteroatoms. The summed E-state index contributed by atoms with van der Waals surface area (Å²) in [5.41, 5.74) is 4.10. The van der Waals surface area contributed by atoms with E-state index >= 15 is 0 Å². The summed E-state index contributed by atoms with van der Waals surface area (Å²) in [4.78, 5) is 16.7. The van der Waals surface area contributed by atoms with Gasteiger partial charge in [-0.3, -0.25) is 9.36 Å². The van der Waals surface area contributed by atoms with Gasteiger partial charge < -0.3 is 14.8 Å². The molecule has 0 radical (unpaired) electrons. The smallest absolute Gasteiger partial charge is 0.234 e. The molecule has 0 fully saturated rings. The maximum atomic E-state index is 12.3. The van der Waals surface area contributed by atoms with Gasteiger partial charge in [-0.1, -0.05) is 23.9 Å². The van der Waals surface area contributed by atoms with E-state index in [2.05, 4.69) is 42.3 Å². The van der Waals surface area contributed by atoms with E-state index < -0.39 is 0 Å². The molecular weight excluding hydrogens is 362 g/mol. The monoisotopic (exact) mass is 381 g/mol. The van der Waals surface area contributed by atoms with Crippen molar-refractivity contribution in [3.63, 3.8) is 0 Å². The van der Waals surface area contributed by atoms with Gasteiger partial charge in [-0.25, -0.2) is 4.98 Å². The molecule has 0 unspecified atom stereocenters. The first-order valence-electron chi connectivity index (χ1n) is 8.53. The minimum atomic E-state index is -0.102. The van der Waals surface area contributed by atoms with Gasteiger partial charge in [-0.15, -0.1) is 0 Å². The third-order valence-electron chi connectivity index (χ3n) is 4.22. The largest absolute Gasteiger partial charge is 0.454 e. The third kappa shape index (κ3) is 3.78. The van der Waals surface area contributed by atoms with Crippen molar-refractivity contribution < 1.29 is 14.3 Å². The summed E-state index contributed by atoms with van der Waals surface area (Å²) in [6.45, 7) is 4.34. The van der Waals surface area contributed by atoms with Crippen LogP contribution in [0.2, 0.25) is 0 Å². The highest BCUT2D eigenvalue weighted by Gasteiger charge is 2.15. The number of thioether (sulfide) groups is 1. The minimum absolute atomic E-state index is 0.102. The van der Waals surface area contributed by atoms with Gasteiger partial charge in [0.25, 0.3) is 0 Å². The lowest BCUT2D eigenvalue weighted by atomic mass is 10.1. The van der Waals surface area contributed by atoms with Crippen LogP contribution in [0.3, 0.4) is 0 Å². The van der Waals surface area contributed by atoms with Crippen molar-refractivity contribution in [1.82, 2.24) is 9.55 Å². The minimum Gasteiger partial charge on any atom is -0.454 e. The molecule has 1 amide bonds. The number of carbonyl (C=O) groups excluding carboxylic acids is 1. The molecule has 4 rings (SSSR count). The Morgan fingerprint density at radius 3 is 2.93 bits per heavy atom. The van der Waals surface area contributed by atoms with Crippen molar-refractivity contribution in [3.05, 3.63) is 59.9 Å². The molecule has 138 valence electrons. The molecule has 0 spiro atoms. The standard InChI is InChI=1S/C20H19N3O3S/c1-13-3-4-14(2)16(9-13)23-8-7-21-20(23)27-11-19(24)22-15-5-6-17-18(10-15)26-12-25-17/h3-10H,11-12H2,1-2H3,(H,22,24). The Balaban J connectivity index is 1.43. The van der Waals surface area contributed by atoms with Gasteiger partial charge in [-0.2, -0.15) is 0 Å². The van der Waals surface area contributed by atoms with Crippen LogP contribution in [-0.2, 0) is 4.79 Å². The highest BCUT2D eigenvalue weighted by molar-refractivity contribution is 7.99. The highest BCUT2D eigenvalue weighted by Crippen LogP contribution is 2.34. The van der Waals surface area contributed by atoms with Crippen molar-refractivity contribution in [2.45, 2.75) is 19.0 Å². The zero-order valence-electron chi connectivity index (χ0n) is 15.1. The van der Waals surface area contributed by atoms with E-state index in [9.17, 15) is 4.79 Å². The molecule has 1 aliphatic heterocycles. The molecule has 0 saturated heterocycles. The predicted molar refractivity (Wildman–Crippen MR) is 105 cm³/mol. The van der Waals surface area contributed by atoms with Crippen LogP contribution in [0.15, 0.2) is 53.9 Å². The van der Waals surface area contributed by atoms with E-state index in [0.717, 1.165) is 16.4 Å². The fourth-order valence-electron chi connectivity index (χ4n) is 2.86. The summed E-state index contributed by atoms with van der Waals surface area (Å²) in [5.74, 6) is 1.49. The van der Waals surface area contributed by atoms with Gasteiger partial charge in [0.15, 0.2) is 16.7 Å². The van der Waals surface area contributed by atoms with Crippen LogP contribution in [0.1, 0.15) is 11.1 Å². The third-order valence-corrected chi connectivity index (χ3v) is 5.19. The van der Waals surface area contributed by atoms with Crippen LogP contribution in [0.25, 0.3) is 5.69 Å². The molecule has 2 aromatic carbocycles. The van der Waals surface area contributed by atoms with E-state index in [0.29, 0.717) is 17.2 Å². The average Bonchev–Trinajstić information content (AvgIpc) is 3.30. The van der Waals surface area contributed by atoms with Crippen molar-refractivity contribution in [2.24, 2.45) is 0 Å². The Hall–Kier alpha value is -2.93. The van der Waals surface area contributed by atoms with Crippen LogP contribution >= 0.6 is 11.8 Å². The summed E-state index contributed by atoms with van der Waals surface area (Å²) in [6.07, 6.45) is 3.67. The van der Waals surface area contributed by atoms with E-state index in [4.69, 9.17) is 9.47 Å². The highest BCUT2D eigenvalue weighted by atomic mass is 32.2. The predicted octanol–water partition coefficient (Wildman–Crippen LogP) is 3.95. The number of imidazole rings is 1. The molecule has 0 aliphatic carbocycles. The summed E-state index contributed by atoms with van der Waals surface area (Å²) < 4.78 is 12.6. The summed E-state index contributed by atoms with van der Waals surface area (Å²) >= 11 is 1.40. The topological polar surface area (TPSA) is 65.4 Å². The number of aryl methyl sites for hydroxylation is 2. The second-order valence-electron chi connectivity index (χ2n) is 6.27. The molecule has 0 saturated carbocycles. The first-order valence-corrected chi connectivity index (χ1v) is 9.52. The number of anilines is 1. The molecule has 1 aromatic heterocycles. The van der Waals surface area contributed by atoms with Crippen molar-refractivity contribution in [2.75, 3.05) is 17.9 Å². The fourth-order valence-corrected chi connectivity index (χ4v) is 3.63. The Bertz CT molecular complexity index is 1000. The zero-order chi connectivity index (χ0) is 18.8. The number of hydrogen-bond acceptors (Lipinski definition) is 5. The summed E-state index contributed by atoms with van der Waals surface area (Å²) in [6, 6.07) is 11.6. The van der Waals surface area contributed by atoms with Gasteiger partial charge >= 0.3 is 0 Å². The number of benzene rings is 2. The van der Waals surface area contributed by atoms with Crippen LogP contribution in [0.5, 0.6) is 11.5 Å². The maximum Gasteiger partial charge on any atom is 0.234 e. The number of aromatic nitrogens is 2. The molecule has 1 aliphatic rings. The molecule has 3 aromatic rings. The van der Waals surface area contributed by atoms with Gasteiger partial charge in [0.2, 0.25) is 12.7 Å². The maximum absolute atomic E-state index is 12.3. The zero-order valence-corrected chi connectivity index (χ0v) is 15.9. The SMILES string of the molecule is Cc1ccc(C)c(-n2ccnc2SCC(=O)Nc2ccc3c(c2)OCO3)c1. The van der Waals surface area contributed by atoms with E-state index in [1.807, 2.05) is 10.8 Å². The summed E-state index contributed by atoms with van der Waals surface area (Å²) in [5, 5.41) is 3.66. The Morgan fingerprint density at radius 1 is 1.19 bits per heavy atom. The molecule has 0 atom stereocenters. The van der Waals surface area contributed by atoms with Crippen LogP contribution in [0.4, 0.5) is 5.69 Å². The van der Waals surface area contributed by atoms with E-state index in [1.54, 1.807) is 24.4 Å². The van der Waals surface area contributed by atoms with Crippen LogP contribution in [0, 0.1) is 13.8 Å². The Kier molecular flexibility index (Phi) is 4.77. The van der Waals surface area contributed by atoms with E-state index in [-0.39, 0.29) is 18.5 Å². The van der Waals surface area contributed by atoms with E-state index in [1.165, 1.54) is 17.3 Å². The Labute approximate surface area is 161 Å². The number of fused-ring (bicyclic) bond motifs is 1. The number of rotatable bonds is 5. The molecule has 1 N–H and O–H groups in total. The lowest BCUT2D eigenvalue weighted by Gasteiger charge is -2.11. The van der Waals surface area contributed by atoms with Gasteiger partial charge in [0.05, 0.1) is 11.4 Å². The lowest BCUT2D eigenvalue weighted by Crippen LogP contribution is -2.14. The van der Waals surface area contributed by atoms with Gasteiger partial charge in [-0.05, 0) is 43.2 Å². The second kappa shape index (κ2) is 7.36.